The van der Waals surface area contributed by atoms with Gasteiger partial charge in [0.2, 0.25) is 11.8 Å². The van der Waals surface area contributed by atoms with Crippen LogP contribution >= 0.6 is 0 Å². The molecule has 0 bridgehead atoms. The molecular formula is C46H66N8O7. The minimum atomic E-state index is -0.611. The Morgan fingerprint density at radius 3 is 2.16 bits per heavy atom. The molecule has 5 rings (SSSR count). The van der Waals surface area contributed by atoms with E-state index in [9.17, 15) is 19.2 Å². The average Bonchev–Trinajstić information content (AvgIpc) is 4.01. The van der Waals surface area contributed by atoms with Crippen LogP contribution in [0.3, 0.4) is 0 Å². The molecule has 5 N–H and O–H groups in total. The SMILES string of the molecule is CCCN(Cc1nc(-c2ccc(-c3ccc(-c4cnc(C5CCCN5C)[nH]4)cc3)cc2)c(COCCCCO)[nH]1)C(=O)C(NC(C)=O)C(C)C.COC(=O)NC(C=O)C(C)C. The quantitative estimate of drug-likeness (QED) is 0.0475. The molecule has 332 valence electrons. The number of alkyl carbamates (subject to hydrolysis) is 1. The van der Waals surface area contributed by atoms with Crippen molar-refractivity contribution in [2.45, 2.75) is 105 Å². The third-order valence-electron chi connectivity index (χ3n) is 10.7. The van der Waals surface area contributed by atoms with Crippen molar-refractivity contribution in [2.24, 2.45) is 11.8 Å². The molecule has 1 aliphatic rings. The van der Waals surface area contributed by atoms with Gasteiger partial charge in [-0.3, -0.25) is 14.5 Å². The van der Waals surface area contributed by atoms with Gasteiger partial charge in [0.05, 0.1) is 55.6 Å². The largest absolute Gasteiger partial charge is 0.453 e. The molecule has 3 amide bonds. The van der Waals surface area contributed by atoms with Crippen molar-refractivity contribution in [2.75, 3.05) is 40.5 Å². The van der Waals surface area contributed by atoms with Crippen LogP contribution in [0.2, 0.25) is 0 Å². The highest BCUT2D eigenvalue weighted by molar-refractivity contribution is 5.87. The molecule has 2 aromatic heterocycles. The number of hydrogen-bond donors (Lipinski definition) is 5. The molecule has 0 saturated carbocycles. The van der Waals surface area contributed by atoms with Crippen LogP contribution in [0, 0.1) is 11.8 Å². The summed E-state index contributed by atoms with van der Waals surface area (Å²) >= 11 is 0. The Kier molecular flexibility index (Phi) is 19.1. The minimum Gasteiger partial charge on any atom is -0.453 e. The Bertz CT molecular complexity index is 1980. The normalized spacial score (nSPS) is 14.9. The molecule has 1 aliphatic heterocycles. The maximum Gasteiger partial charge on any atom is 0.407 e. The summed E-state index contributed by atoms with van der Waals surface area (Å²) in [6, 6.07) is 16.2. The fraction of sp³-hybridized carbons (Fsp3) is 0.522. The number of aliphatic hydroxyl groups is 1. The average molecular weight is 843 g/mol. The van der Waals surface area contributed by atoms with Crippen LogP contribution in [-0.4, -0.2) is 112 Å². The summed E-state index contributed by atoms with van der Waals surface area (Å²) in [4.78, 5) is 67.2. The third kappa shape index (κ3) is 14.1. The van der Waals surface area contributed by atoms with Gasteiger partial charge in [-0.1, -0.05) is 83.1 Å². The first kappa shape index (κ1) is 48.3. The molecule has 0 aliphatic carbocycles. The van der Waals surface area contributed by atoms with Gasteiger partial charge in [-0.05, 0) is 74.2 Å². The second-order valence-corrected chi connectivity index (χ2v) is 16.2. The fourth-order valence-electron chi connectivity index (χ4n) is 7.14. The molecule has 3 unspecified atom stereocenters. The van der Waals surface area contributed by atoms with Crippen LogP contribution < -0.4 is 10.6 Å². The van der Waals surface area contributed by atoms with Gasteiger partial charge in [0.15, 0.2) is 0 Å². The van der Waals surface area contributed by atoms with Crippen LogP contribution in [0.25, 0.3) is 33.6 Å². The number of nitrogens with one attached hydrogen (secondary N) is 4. The van der Waals surface area contributed by atoms with Crippen molar-refractivity contribution in [3.63, 3.8) is 0 Å². The number of carbonyl (C=O) groups is 4. The summed E-state index contributed by atoms with van der Waals surface area (Å²) in [5.74, 6) is 1.37. The number of likely N-dealkylation sites (tertiary alicyclic amines) is 1. The molecule has 3 atom stereocenters. The van der Waals surface area contributed by atoms with Crippen LogP contribution in [0.15, 0.2) is 54.7 Å². The molecule has 61 heavy (non-hydrogen) atoms. The third-order valence-corrected chi connectivity index (χ3v) is 10.7. The van der Waals surface area contributed by atoms with Gasteiger partial charge in [0.1, 0.15) is 24.0 Å². The zero-order valence-corrected chi connectivity index (χ0v) is 37.1. The van der Waals surface area contributed by atoms with Gasteiger partial charge in [-0.2, -0.15) is 0 Å². The number of aromatic amines is 2. The van der Waals surface area contributed by atoms with E-state index in [2.05, 4.69) is 90.8 Å². The predicted molar refractivity (Wildman–Crippen MR) is 236 cm³/mol. The summed E-state index contributed by atoms with van der Waals surface area (Å²) in [5, 5.41) is 14.4. The Hall–Kier alpha value is -5.38. The highest BCUT2D eigenvalue weighted by Gasteiger charge is 2.29. The van der Waals surface area contributed by atoms with E-state index in [1.807, 2.05) is 40.8 Å². The van der Waals surface area contributed by atoms with E-state index in [0.29, 0.717) is 44.3 Å². The summed E-state index contributed by atoms with van der Waals surface area (Å²) < 4.78 is 10.3. The maximum atomic E-state index is 13.6. The lowest BCUT2D eigenvalue weighted by atomic mass is 10.0. The molecular weight excluding hydrogens is 777 g/mol. The molecule has 1 fully saturated rings. The van der Waals surface area contributed by atoms with E-state index in [4.69, 9.17) is 14.8 Å². The van der Waals surface area contributed by atoms with Crippen LogP contribution in [-0.2, 0) is 37.0 Å². The maximum absolute atomic E-state index is 13.6. The Balaban J connectivity index is 0.000000654. The lowest BCUT2D eigenvalue weighted by molar-refractivity contribution is -0.138. The smallest absolute Gasteiger partial charge is 0.407 e. The van der Waals surface area contributed by atoms with Crippen molar-refractivity contribution in [3.8, 4) is 33.6 Å². The van der Waals surface area contributed by atoms with Gasteiger partial charge in [-0.25, -0.2) is 14.8 Å². The van der Waals surface area contributed by atoms with E-state index in [-0.39, 0.29) is 36.8 Å². The standard InChI is InChI=1S/C39H53N7O4.C7H13NO3/c1-6-19-46(39(49)36(26(2)3)41-27(4)48)24-35-42-33(25-50-22-8-7-21-47)37(44-35)31-17-13-29(14-18-31)28-11-15-30(16-12-28)32-23-40-38(43-32)34-10-9-20-45(34)5;1-5(2)6(4-9)8-7(10)11-3/h11-18,23,26,34,36,47H,6-10,19-22,24-25H2,1-5H3,(H,40,43)(H,41,48)(H,42,44);4-6H,1-3H3,(H,8,10). The highest BCUT2D eigenvalue weighted by atomic mass is 16.5. The lowest BCUT2D eigenvalue weighted by Crippen LogP contribution is -2.50. The van der Waals surface area contributed by atoms with Crippen molar-refractivity contribution < 1.29 is 33.8 Å². The first-order valence-corrected chi connectivity index (χ1v) is 21.4. The molecule has 15 nitrogen and oxygen atoms in total. The number of aromatic nitrogens is 4. The number of imidazole rings is 2. The van der Waals surface area contributed by atoms with Crippen LogP contribution in [0.5, 0.6) is 0 Å². The number of amides is 3. The lowest BCUT2D eigenvalue weighted by Gasteiger charge is -2.29. The van der Waals surface area contributed by atoms with Gasteiger partial charge >= 0.3 is 6.09 Å². The number of ether oxygens (including phenoxy) is 2. The number of aliphatic hydroxyl groups excluding tert-OH is 1. The van der Waals surface area contributed by atoms with E-state index in [1.165, 1.54) is 20.5 Å². The number of unbranched alkanes of at least 4 members (excludes halogenated alkanes) is 1. The molecule has 1 saturated heterocycles. The van der Waals surface area contributed by atoms with Gasteiger partial charge < -0.3 is 44.9 Å². The zero-order chi connectivity index (χ0) is 44.5. The molecule has 3 heterocycles. The highest BCUT2D eigenvalue weighted by Crippen LogP contribution is 2.32. The topological polar surface area (TPSA) is 195 Å². The Morgan fingerprint density at radius 2 is 1.62 bits per heavy atom. The Labute approximate surface area is 360 Å². The molecule has 2 aromatic carbocycles. The summed E-state index contributed by atoms with van der Waals surface area (Å²) in [5.41, 5.74) is 6.87. The summed E-state index contributed by atoms with van der Waals surface area (Å²) in [6.45, 7) is 13.9. The van der Waals surface area contributed by atoms with E-state index < -0.39 is 18.2 Å². The number of rotatable bonds is 20. The molecule has 0 spiro atoms. The van der Waals surface area contributed by atoms with Gasteiger partial charge in [0, 0.05) is 32.2 Å². The minimum absolute atomic E-state index is 0.0577. The summed E-state index contributed by atoms with van der Waals surface area (Å²) in [6.07, 6.45) is 6.60. The molecule has 4 aromatic rings. The Morgan fingerprint density at radius 1 is 0.967 bits per heavy atom. The van der Waals surface area contributed by atoms with Gasteiger partial charge in [-0.15, -0.1) is 0 Å². The second-order valence-electron chi connectivity index (χ2n) is 16.2. The van der Waals surface area contributed by atoms with Crippen molar-refractivity contribution in [1.29, 1.82) is 0 Å². The van der Waals surface area contributed by atoms with Crippen molar-refractivity contribution >= 4 is 24.2 Å². The second kappa shape index (κ2) is 24.2. The van der Waals surface area contributed by atoms with E-state index >= 15 is 0 Å². The first-order chi connectivity index (χ1) is 29.3. The van der Waals surface area contributed by atoms with E-state index in [1.54, 1.807) is 4.90 Å². The summed E-state index contributed by atoms with van der Waals surface area (Å²) in [7, 11) is 3.42. The number of nitrogens with zero attached hydrogens (tertiary/aromatic N) is 4. The number of benzene rings is 2. The van der Waals surface area contributed by atoms with Crippen LogP contribution in [0.4, 0.5) is 4.79 Å². The van der Waals surface area contributed by atoms with Crippen molar-refractivity contribution in [3.05, 3.63) is 72.1 Å². The van der Waals surface area contributed by atoms with E-state index in [0.717, 1.165) is 71.0 Å². The number of hydrogen-bond acceptors (Lipinski definition) is 10. The number of H-pyrrole nitrogens is 2. The first-order valence-electron chi connectivity index (χ1n) is 21.4. The monoisotopic (exact) mass is 843 g/mol. The predicted octanol–water partition coefficient (Wildman–Crippen LogP) is 6.65. The van der Waals surface area contributed by atoms with Crippen molar-refractivity contribution in [1.82, 2.24) is 40.4 Å². The zero-order valence-electron chi connectivity index (χ0n) is 37.1. The number of methoxy groups -OCH3 is 1. The number of aldehydes is 1. The van der Waals surface area contributed by atoms with Crippen LogP contribution in [0.1, 0.15) is 97.0 Å². The number of carbonyl (C=O) groups excluding carboxylic acids is 4. The fourth-order valence-corrected chi connectivity index (χ4v) is 7.14. The molecule has 0 radical (unpaired) electrons. The molecule has 15 heteroatoms. The van der Waals surface area contributed by atoms with Gasteiger partial charge in [0.25, 0.3) is 0 Å².